The minimum absolute atomic E-state index is 0.0678. The van der Waals surface area contributed by atoms with Crippen molar-refractivity contribution in [2.24, 2.45) is 0 Å². The molecule has 0 spiro atoms. The van der Waals surface area contributed by atoms with E-state index >= 15 is 0 Å². The Hall–Kier alpha value is -3.00. The molecule has 0 aromatic heterocycles. The molecular weight excluding hydrogens is 787 g/mol. The Bertz CT molecular complexity index is 1610. The normalized spacial score (nSPS) is 15.8. The molecule has 1 atom stereocenters. The lowest BCUT2D eigenvalue weighted by Gasteiger charge is -2.46. The lowest BCUT2D eigenvalue weighted by Crippen LogP contribution is -2.63. The van der Waals surface area contributed by atoms with Gasteiger partial charge < -0.3 is 30.0 Å². The van der Waals surface area contributed by atoms with E-state index in [1.807, 2.05) is 0 Å². The fourth-order valence-electron chi connectivity index (χ4n) is 6.78. The van der Waals surface area contributed by atoms with Crippen LogP contribution in [-0.2, 0) is 43.6 Å². The van der Waals surface area contributed by atoms with Crippen LogP contribution in [0.4, 0.5) is 11.4 Å². The van der Waals surface area contributed by atoms with Crippen molar-refractivity contribution < 1.29 is 47.1 Å². The number of anilines is 2. The van der Waals surface area contributed by atoms with Crippen molar-refractivity contribution in [1.82, 2.24) is 16.1 Å². The molecule has 1 fully saturated rings. The third-order valence-electron chi connectivity index (χ3n) is 9.15. The topological polar surface area (TPSA) is 195 Å². The van der Waals surface area contributed by atoms with E-state index in [0.29, 0.717) is 82.7 Å². The average Bonchev–Trinajstić information content (AvgIpc) is 3.15. The number of thioether (sulfide) groups is 1. The molecule has 1 aliphatic rings. The summed E-state index contributed by atoms with van der Waals surface area (Å²) in [4.78, 5) is 36.6. The van der Waals surface area contributed by atoms with Crippen LogP contribution in [-0.4, -0.2) is 101 Å². The summed E-state index contributed by atoms with van der Waals surface area (Å²) in [6, 6.07) is 10.8. The SMILES string of the molecule is CCCCCCCCOOCCOCCOCCOCCSc1ccc(S(=O)(=O)Nc2ccc(NNC(=O)C(=O)NC3CC(C)(C)NC(C)(C)C3)c(C(C)O)c2)cc1. The molecule has 0 saturated carbocycles. The van der Waals surface area contributed by atoms with Crippen molar-refractivity contribution >= 4 is 45.0 Å². The molecule has 328 valence electrons. The van der Waals surface area contributed by atoms with Gasteiger partial charge in [0.2, 0.25) is 0 Å². The number of rotatable bonds is 28. The van der Waals surface area contributed by atoms with Crippen LogP contribution < -0.4 is 26.2 Å². The second kappa shape index (κ2) is 25.6. The third kappa shape index (κ3) is 19.4. The first-order valence-corrected chi connectivity index (χ1v) is 22.8. The molecule has 0 aliphatic carbocycles. The highest BCUT2D eigenvalue weighted by Crippen LogP contribution is 2.30. The molecule has 3 rings (SSSR count). The van der Waals surface area contributed by atoms with Gasteiger partial charge in [-0.2, -0.15) is 0 Å². The van der Waals surface area contributed by atoms with E-state index in [4.69, 9.17) is 24.0 Å². The number of ether oxygens (including phenoxy) is 3. The van der Waals surface area contributed by atoms with Gasteiger partial charge in [-0.05, 0) is 96.3 Å². The van der Waals surface area contributed by atoms with Crippen LogP contribution in [0, 0.1) is 0 Å². The van der Waals surface area contributed by atoms with Crippen molar-refractivity contribution in [3.63, 3.8) is 0 Å². The maximum Gasteiger partial charge on any atom is 0.327 e. The van der Waals surface area contributed by atoms with Crippen LogP contribution in [0.2, 0.25) is 0 Å². The number of sulfonamides is 1. The van der Waals surface area contributed by atoms with Gasteiger partial charge in [-0.25, -0.2) is 18.2 Å². The maximum atomic E-state index is 13.2. The van der Waals surface area contributed by atoms with Crippen molar-refractivity contribution in [1.29, 1.82) is 0 Å². The van der Waals surface area contributed by atoms with Crippen LogP contribution in [0.25, 0.3) is 0 Å². The Morgan fingerprint density at radius 2 is 1.40 bits per heavy atom. The number of piperidine rings is 1. The summed E-state index contributed by atoms with van der Waals surface area (Å²) in [6.07, 6.45) is 7.55. The number of hydrogen-bond donors (Lipinski definition) is 6. The van der Waals surface area contributed by atoms with Crippen molar-refractivity contribution in [2.45, 2.75) is 126 Å². The molecule has 2 aromatic rings. The molecule has 17 heteroatoms. The van der Waals surface area contributed by atoms with Gasteiger partial charge in [0.05, 0.1) is 62.9 Å². The third-order valence-corrected chi connectivity index (χ3v) is 11.5. The van der Waals surface area contributed by atoms with Crippen molar-refractivity contribution in [2.75, 3.05) is 68.8 Å². The lowest BCUT2D eigenvalue weighted by atomic mass is 9.79. The lowest BCUT2D eigenvalue weighted by molar-refractivity contribution is -0.299. The largest absolute Gasteiger partial charge is 0.389 e. The minimum atomic E-state index is -3.96. The monoisotopic (exact) mass is 853 g/mol. The number of nitrogens with one attached hydrogen (secondary N) is 5. The summed E-state index contributed by atoms with van der Waals surface area (Å²) < 4.78 is 45.6. The highest BCUT2D eigenvalue weighted by molar-refractivity contribution is 7.99. The van der Waals surface area contributed by atoms with Gasteiger partial charge in [-0.3, -0.25) is 25.2 Å². The van der Waals surface area contributed by atoms with E-state index in [0.717, 1.165) is 11.3 Å². The van der Waals surface area contributed by atoms with Gasteiger partial charge in [0, 0.05) is 39.0 Å². The maximum absolute atomic E-state index is 13.2. The zero-order valence-electron chi connectivity index (χ0n) is 35.2. The predicted octanol–water partition coefficient (Wildman–Crippen LogP) is 5.86. The molecule has 2 amide bonds. The van der Waals surface area contributed by atoms with Crippen LogP contribution in [0.1, 0.15) is 105 Å². The average molecular weight is 854 g/mol. The summed E-state index contributed by atoms with van der Waals surface area (Å²) >= 11 is 1.54. The van der Waals surface area contributed by atoms with Crippen LogP contribution in [0.15, 0.2) is 52.3 Å². The number of carbonyl (C=O) groups excluding carboxylic acids is 2. The highest BCUT2D eigenvalue weighted by atomic mass is 32.2. The number of carbonyl (C=O) groups is 2. The summed E-state index contributed by atoms with van der Waals surface area (Å²) in [5.41, 5.74) is 5.46. The minimum Gasteiger partial charge on any atom is -0.389 e. The van der Waals surface area contributed by atoms with Crippen molar-refractivity contribution in [3.05, 3.63) is 48.0 Å². The molecular formula is C41H67N5O10S2. The van der Waals surface area contributed by atoms with E-state index in [-0.39, 0.29) is 27.7 Å². The van der Waals surface area contributed by atoms with Gasteiger partial charge in [0.25, 0.3) is 10.0 Å². The van der Waals surface area contributed by atoms with Gasteiger partial charge in [0.1, 0.15) is 6.61 Å². The summed E-state index contributed by atoms with van der Waals surface area (Å²) in [7, 11) is -3.96. The van der Waals surface area contributed by atoms with Crippen LogP contribution >= 0.6 is 11.8 Å². The van der Waals surface area contributed by atoms with Crippen LogP contribution in [0.3, 0.4) is 0 Å². The molecule has 1 saturated heterocycles. The van der Waals surface area contributed by atoms with Crippen molar-refractivity contribution in [3.8, 4) is 0 Å². The molecule has 1 aliphatic heterocycles. The number of aliphatic hydroxyl groups excluding tert-OH is 1. The number of hydrazine groups is 1. The highest BCUT2D eigenvalue weighted by Gasteiger charge is 2.38. The number of unbranched alkanes of at least 4 members (excludes halogenated alkanes) is 5. The molecule has 0 bridgehead atoms. The van der Waals surface area contributed by atoms with E-state index in [9.17, 15) is 23.1 Å². The first-order valence-electron chi connectivity index (χ1n) is 20.3. The zero-order valence-corrected chi connectivity index (χ0v) is 36.8. The molecule has 1 heterocycles. The molecule has 15 nitrogen and oxygen atoms in total. The van der Waals surface area contributed by atoms with E-state index < -0.39 is 27.9 Å². The fraction of sp³-hybridized carbons (Fsp3) is 0.659. The molecule has 6 N–H and O–H groups in total. The number of hydrogen-bond acceptors (Lipinski definition) is 13. The van der Waals surface area contributed by atoms with E-state index in [2.05, 4.69) is 60.8 Å². The Kier molecular flexibility index (Phi) is 21.8. The number of amides is 2. The first-order chi connectivity index (χ1) is 27.6. The van der Waals surface area contributed by atoms with Gasteiger partial charge in [0.15, 0.2) is 0 Å². The number of aliphatic hydroxyl groups is 1. The van der Waals surface area contributed by atoms with E-state index in [1.165, 1.54) is 69.4 Å². The molecule has 58 heavy (non-hydrogen) atoms. The Morgan fingerprint density at radius 3 is 2.03 bits per heavy atom. The second-order valence-electron chi connectivity index (χ2n) is 15.7. The van der Waals surface area contributed by atoms with Gasteiger partial charge in [-0.1, -0.05) is 39.0 Å². The fourth-order valence-corrected chi connectivity index (χ4v) is 8.60. The predicted molar refractivity (Wildman–Crippen MR) is 227 cm³/mol. The number of benzene rings is 2. The van der Waals surface area contributed by atoms with Gasteiger partial charge >= 0.3 is 11.8 Å². The van der Waals surface area contributed by atoms with Crippen LogP contribution in [0.5, 0.6) is 0 Å². The molecule has 2 aromatic carbocycles. The first kappa shape index (κ1) is 49.4. The summed E-state index contributed by atoms with van der Waals surface area (Å²) in [5.74, 6) is -1.00. The standard InChI is InChI=1S/C41H67N5O10S2/c1-7-8-9-10-11-12-19-55-56-25-24-53-21-20-52-22-23-54-26-27-57-34-14-16-35(17-15-34)58(50,51)45-32-13-18-37(36(28-32)31(2)47)43-44-39(49)38(48)42-33-29-40(3,4)46-41(5,6)30-33/h13-18,28,31,33,43,45-47H,7-12,19-27,29-30H2,1-6H3,(H,42,48)(H,44,49). The zero-order chi connectivity index (χ0) is 42.4. The van der Waals surface area contributed by atoms with E-state index in [1.54, 1.807) is 23.9 Å². The summed E-state index contributed by atoms with van der Waals surface area (Å²) in [5, 5.41) is 16.8. The quantitative estimate of drug-likeness (QED) is 0.0196. The molecule has 1 unspecified atom stereocenters. The Balaban J connectivity index is 1.30. The molecule has 0 radical (unpaired) electrons. The van der Waals surface area contributed by atoms with Gasteiger partial charge in [-0.15, -0.1) is 11.8 Å². The summed E-state index contributed by atoms with van der Waals surface area (Å²) in [6.45, 7) is 15.7. The smallest absolute Gasteiger partial charge is 0.327 e. The Labute approximate surface area is 349 Å². The second-order valence-corrected chi connectivity index (χ2v) is 18.6. The Morgan fingerprint density at radius 1 is 0.810 bits per heavy atom.